The first-order valence-electron chi connectivity index (χ1n) is 5.42. The third-order valence-electron chi connectivity index (χ3n) is 2.31. The summed E-state index contributed by atoms with van der Waals surface area (Å²) in [6.07, 6.45) is -1.77. The molecule has 19 heavy (non-hydrogen) atoms. The van der Waals surface area contributed by atoms with Gasteiger partial charge in [0.2, 0.25) is 10.0 Å². The molecule has 0 bridgehead atoms. The molecule has 0 atom stereocenters. The van der Waals surface area contributed by atoms with Crippen molar-refractivity contribution in [3.05, 3.63) is 12.4 Å². The maximum atomic E-state index is 12.2. The molecule has 110 valence electrons. The highest BCUT2D eigenvalue weighted by atomic mass is 32.2. The fourth-order valence-electron chi connectivity index (χ4n) is 1.37. The van der Waals surface area contributed by atoms with Crippen molar-refractivity contribution in [2.75, 3.05) is 20.1 Å². The van der Waals surface area contributed by atoms with Gasteiger partial charge in [0.25, 0.3) is 0 Å². The second kappa shape index (κ2) is 5.88. The van der Waals surface area contributed by atoms with Crippen LogP contribution in [-0.4, -0.2) is 48.8 Å². The number of sulfonamides is 1. The number of rotatable bonds is 6. The Kier molecular flexibility index (Phi) is 4.93. The number of nitrogens with two attached hydrogens (primary N) is 1. The molecule has 2 N–H and O–H groups in total. The molecule has 0 unspecified atom stereocenters. The molecule has 0 radical (unpaired) electrons. The molecule has 1 aromatic heterocycles. The number of nitrogens with zero attached hydrogens (tertiary/aromatic N) is 3. The Morgan fingerprint density at radius 3 is 2.63 bits per heavy atom. The first-order chi connectivity index (χ1) is 8.66. The standard InChI is InChI=1S/C9H15F3N4O2S/c1-15(7-9(10,11)12)19(17,18)8-5-14-16(6-8)4-2-3-13/h5-6H,2-4,7,13H2,1H3. The van der Waals surface area contributed by atoms with Gasteiger partial charge in [0.05, 0.1) is 6.20 Å². The van der Waals surface area contributed by atoms with E-state index in [1.165, 1.54) is 10.9 Å². The van der Waals surface area contributed by atoms with Crippen LogP contribution in [0.3, 0.4) is 0 Å². The van der Waals surface area contributed by atoms with Crippen molar-refractivity contribution in [1.82, 2.24) is 14.1 Å². The second-order valence-electron chi connectivity index (χ2n) is 3.96. The molecule has 1 aromatic rings. The second-order valence-corrected chi connectivity index (χ2v) is 6.00. The van der Waals surface area contributed by atoms with E-state index in [-0.39, 0.29) is 9.20 Å². The zero-order valence-electron chi connectivity index (χ0n) is 10.3. The summed E-state index contributed by atoms with van der Waals surface area (Å²) in [5.41, 5.74) is 5.29. The molecule has 0 aliphatic carbocycles. The maximum absolute atomic E-state index is 12.2. The van der Waals surface area contributed by atoms with Crippen molar-refractivity contribution in [2.45, 2.75) is 24.0 Å². The third kappa shape index (κ3) is 4.48. The average Bonchev–Trinajstić information content (AvgIpc) is 2.73. The number of hydrogen-bond donors (Lipinski definition) is 1. The Balaban J connectivity index is 2.85. The molecule has 0 spiro atoms. The summed E-state index contributed by atoms with van der Waals surface area (Å²) in [6.45, 7) is -0.714. The molecule has 0 amide bonds. The minimum Gasteiger partial charge on any atom is -0.330 e. The molecule has 0 aliphatic heterocycles. The van der Waals surface area contributed by atoms with Crippen molar-refractivity contribution in [1.29, 1.82) is 0 Å². The van der Waals surface area contributed by atoms with Gasteiger partial charge in [-0.1, -0.05) is 0 Å². The molecule has 1 rings (SSSR count). The van der Waals surface area contributed by atoms with Gasteiger partial charge < -0.3 is 5.73 Å². The Morgan fingerprint density at radius 1 is 1.47 bits per heavy atom. The Hall–Kier alpha value is -1.13. The van der Waals surface area contributed by atoms with Gasteiger partial charge in [-0.2, -0.15) is 22.6 Å². The van der Waals surface area contributed by atoms with Crippen molar-refractivity contribution >= 4 is 10.0 Å². The molecule has 0 aliphatic rings. The van der Waals surface area contributed by atoms with E-state index in [9.17, 15) is 21.6 Å². The summed E-state index contributed by atoms with van der Waals surface area (Å²) in [4.78, 5) is -0.267. The van der Waals surface area contributed by atoms with E-state index in [4.69, 9.17) is 5.73 Å². The predicted molar refractivity (Wildman–Crippen MR) is 61.8 cm³/mol. The van der Waals surface area contributed by atoms with Gasteiger partial charge in [-0.25, -0.2) is 8.42 Å². The van der Waals surface area contributed by atoms with E-state index in [0.717, 1.165) is 13.2 Å². The lowest BCUT2D eigenvalue weighted by Crippen LogP contribution is -2.35. The average molecular weight is 300 g/mol. The van der Waals surface area contributed by atoms with Crippen molar-refractivity contribution in [3.8, 4) is 0 Å². The predicted octanol–water partition coefficient (Wildman–Crippen LogP) is 0.415. The highest BCUT2D eigenvalue weighted by Crippen LogP contribution is 2.20. The van der Waals surface area contributed by atoms with Gasteiger partial charge in [0, 0.05) is 19.8 Å². The van der Waals surface area contributed by atoms with Crippen LogP contribution < -0.4 is 5.73 Å². The summed E-state index contributed by atoms with van der Waals surface area (Å²) in [6, 6.07) is 0. The van der Waals surface area contributed by atoms with Crippen LogP contribution in [-0.2, 0) is 16.6 Å². The number of hydrogen-bond acceptors (Lipinski definition) is 4. The highest BCUT2D eigenvalue weighted by molar-refractivity contribution is 7.89. The Morgan fingerprint density at radius 2 is 2.11 bits per heavy atom. The lowest BCUT2D eigenvalue weighted by atomic mass is 10.4. The van der Waals surface area contributed by atoms with E-state index in [1.807, 2.05) is 0 Å². The molecule has 10 heteroatoms. The zero-order chi connectivity index (χ0) is 14.7. The minimum atomic E-state index is -4.59. The van der Waals surface area contributed by atoms with Crippen LogP contribution in [0.2, 0.25) is 0 Å². The summed E-state index contributed by atoms with van der Waals surface area (Å²) >= 11 is 0. The number of aryl methyl sites for hydroxylation is 1. The number of aromatic nitrogens is 2. The molecule has 0 fully saturated rings. The van der Waals surface area contributed by atoms with Gasteiger partial charge in [-0.15, -0.1) is 0 Å². The SMILES string of the molecule is CN(CC(F)(F)F)S(=O)(=O)c1cnn(CCCN)c1. The van der Waals surface area contributed by atoms with Crippen LogP contribution in [0.25, 0.3) is 0 Å². The normalized spacial score (nSPS) is 13.2. The molecular formula is C9H15F3N4O2S. The smallest absolute Gasteiger partial charge is 0.330 e. The van der Waals surface area contributed by atoms with Crippen molar-refractivity contribution in [2.24, 2.45) is 5.73 Å². The highest BCUT2D eigenvalue weighted by Gasteiger charge is 2.35. The fourth-order valence-corrected chi connectivity index (χ4v) is 2.48. The largest absolute Gasteiger partial charge is 0.402 e. The maximum Gasteiger partial charge on any atom is 0.402 e. The lowest BCUT2D eigenvalue weighted by molar-refractivity contribution is -0.134. The van der Waals surface area contributed by atoms with Crippen LogP contribution in [0.15, 0.2) is 17.3 Å². The zero-order valence-corrected chi connectivity index (χ0v) is 11.1. The van der Waals surface area contributed by atoms with E-state index < -0.39 is 22.7 Å². The monoisotopic (exact) mass is 300 g/mol. The van der Waals surface area contributed by atoms with Crippen molar-refractivity contribution in [3.63, 3.8) is 0 Å². The molecule has 0 aromatic carbocycles. The van der Waals surface area contributed by atoms with E-state index in [1.54, 1.807) is 0 Å². The van der Waals surface area contributed by atoms with Crippen molar-refractivity contribution < 1.29 is 21.6 Å². The number of alkyl halides is 3. The Bertz CT molecular complexity index is 512. The molecule has 0 saturated heterocycles. The van der Waals surface area contributed by atoms with Gasteiger partial charge in [-0.3, -0.25) is 4.68 Å². The fraction of sp³-hybridized carbons (Fsp3) is 0.667. The summed E-state index contributed by atoms with van der Waals surface area (Å²) < 4.78 is 61.8. The minimum absolute atomic E-state index is 0.247. The van der Waals surface area contributed by atoms with Crippen LogP contribution >= 0.6 is 0 Å². The van der Waals surface area contributed by atoms with Gasteiger partial charge in [0.15, 0.2) is 0 Å². The molecule has 1 heterocycles. The summed E-state index contributed by atoms with van der Waals surface area (Å²) in [5.74, 6) is 0. The van der Waals surface area contributed by atoms with Gasteiger partial charge in [0.1, 0.15) is 11.4 Å². The van der Waals surface area contributed by atoms with Gasteiger partial charge >= 0.3 is 6.18 Å². The Labute approximate surface area is 109 Å². The van der Waals surface area contributed by atoms with Crippen LogP contribution in [0.1, 0.15) is 6.42 Å². The molecular weight excluding hydrogens is 285 g/mol. The summed E-state index contributed by atoms with van der Waals surface area (Å²) in [7, 11) is -3.30. The van der Waals surface area contributed by atoms with Crippen LogP contribution in [0.5, 0.6) is 0 Å². The van der Waals surface area contributed by atoms with E-state index >= 15 is 0 Å². The lowest BCUT2D eigenvalue weighted by Gasteiger charge is -2.17. The van der Waals surface area contributed by atoms with E-state index in [0.29, 0.717) is 19.5 Å². The van der Waals surface area contributed by atoms with Gasteiger partial charge in [-0.05, 0) is 13.0 Å². The summed E-state index contributed by atoms with van der Waals surface area (Å²) in [5, 5.41) is 3.77. The first kappa shape index (κ1) is 15.9. The van der Waals surface area contributed by atoms with Crippen LogP contribution in [0.4, 0.5) is 13.2 Å². The molecule has 0 saturated carbocycles. The quantitative estimate of drug-likeness (QED) is 0.825. The number of halogens is 3. The molecule has 6 nitrogen and oxygen atoms in total. The van der Waals surface area contributed by atoms with E-state index in [2.05, 4.69) is 5.10 Å². The topological polar surface area (TPSA) is 81.2 Å². The third-order valence-corrected chi connectivity index (χ3v) is 4.07. The van der Waals surface area contributed by atoms with Crippen LogP contribution in [0, 0.1) is 0 Å². The first-order valence-corrected chi connectivity index (χ1v) is 6.86.